The molecule has 1 fully saturated rings. The number of hydrogen-bond acceptors (Lipinski definition) is 4. The predicted octanol–water partition coefficient (Wildman–Crippen LogP) is 1.80. The number of aromatic nitrogens is 1. The van der Waals surface area contributed by atoms with E-state index in [4.69, 9.17) is 5.26 Å². The van der Waals surface area contributed by atoms with Crippen LogP contribution in [0.15, 0.2) is 23.4 Å². The molecule has 0 amide bonds. The number of nitriles is 1. The van der Waals surface area contributed by atoms with E-state index in [-0.39, 0.29) is 0 Å². The van der Waals surface area contributed by atoms with Crippen LogP contribution in [-0.4, -0.2) is 23.3 Å². The van der Waals surface area contributed by atoms with E-state index >= 15 is 0 Å². The summed E-state index contributed by atoms with van der Waals surface area (Å²) < 4.78 is 0. The van der Waals surface area contributed by atoms with Crippen molar-refractivity contribution < 1.29 is 0 Å². The SMILES string of the molecule is N#Cc1ccnc(SC[C@@H]2CCCN2)c1. The average Bonchev–Trinajstić information content (AvgIpc) is 2.79. The molecule has 2 heterocycles. The van der Waals surface area contributed by atoms with Crippen LogP contribution in [0.4, 0.5) is 0 Å². The van der Waals surface area contributed by atoms with Gasteiger partial charge in [-0.05, 0) is 31.5 Å². The third-order valence-electron chi connectivity index (χ3n) is 2.46. The zero-order chi connectivity index (χ0) is 10.5. The first-order valence-corrected chi connectivity index (χ1v) is 6.09. The Labute approximate surface area is 93.9 Å². The van der Waals surface area contributed by atoms with Gasteiger partial charge in [0.05, 0.1) is 16.7 Å². The number of rotatable bonds is 3. The molecule has 1 saturated heterocycles. The van der Waals surface area contributed by atoms with Gasteiger partial charge in [0.2, 0.25) is 0 Å². The minimum atomic E-state index is 0.613. The van der Waals surface area contributed by atoms with E-state index in [0.29, 0.717) is 11.6 Å². The lowest BCUT2D eigenvalue weighted by Gasteiger charge is -2.08. The summed E-state index contributed by atoms with van der Waals surface area (Å²) in [6, 6.07) is 6.32. The molecule has 0 saturated carbocycles. The Hall–Kier alpha value is -1.05. The largest absolute Gasteiger partial charge is 0.313 e. The van der Waals surface area contributed by atoms with E-state index in [1.807, 2.05) is 6.07 Å². The molecule has 1 aliphatic heterocycles. The van der Waals surface area contributed by atoms with Crippen LogP contribution in [0.2, 0.25) is 0 Å². The molecule has 1 atom stereocenters. The second-order valence-electron chi connectivity index (χ2n) is 3.60. The highest BCUT2D eigenvalue weighted by Gasteiger charge is 2.14. The maximum Gasteiger partial charge on any atom is 0.0993 e. The summed E-state index contributed by atoms with van der Waals surface area (Å²) in [7, 11) is 0. The van der Waals surface area contributed by atoms with Crippen LogP contribution in [0.3, 0.4) is 0 Å². The Morgan fingerprint density at radius 1 is 1.67 bits per heavy atom. The van der Waals surface area contributed by atoms with Crippen LogP contribution in [0, 0.1) is 11.3 Å². The number of nitrogens with zero attached hydrogens (tertiary/aromatic N) is 2. The lowest BCUT2D eigenvalue weighted by atomic mass is 10.3. The van der Waals surface area contributed by atoms with Gasteiger partial charge >= 0.3 is 0 Å². The molecule has 4 heteroatoms. The summed E-state index contributed by atoms with van der Waals surface area (Å²) in [5.74, 6) is 1.04. The average molecular weight is 219 g/mol. The molecule has 1 aromatic heterocycles. The molecule has 15 heavy (non-hydrogen) atoms. The van der Waals surface area contributed by atoms with Crippen molar-refractivity contribution in [3.8, 4) is 6.07 Å². The molecule has 0 bridgehead atoms. The Kier molecular flexibility index (Phi) is 3.59. The minimum absolute atomic E-state index is 0.613. The van der Waals surface area contributed by atoms with E-state index in [1.165, 1.54) is 12.8 Å². The Morgan fingerprint density at radius 2 is 2.60 bits per heavy atom. The fraction of sp³-hybridized carbons (Fsp3) is 0.455. The third-order valence-corrected chi connectivity index (χ3v) is 3.55. The van der Waals surface area contributed by atoms with Crippen LogP contribution in [0.5, 0.6) is 0 Å². The van der Waals surface area contributed by atoms with Gasteiger partial charge in [-0.2, -0.15) is 5.26 Å². The number of thioether (sulfide) groups is 1. The molecule has 3 nitrogen and oxygen atoms in total. The zero-order valence-electron chi connectivity index (χ0n) is 8.44. The molecule has 0 spiro atoms. The van der Waals surface area contributed by atoms with Crippen molar-refractivity contribution >= 4 is 11.8 Å². The van der Waals surface area contributed by atoms with Gasteiger partial charge in [-0.3, -0.25) is 0 Å². The highest BCUT2D eigenvalue weighted by atomic mass is 32.2. The van der Waals surface area contributed by atoms with Crippen LogP contribution in [-0.2, 0) is 0 Å². The standard InChI is InChI=1S/C11H13N3S/c12-7-9-3-5-14-11(6-9)15-8-10-2-1-4-13-10/h3,5-6,10,13H,1-2,4,8H2/t10-/m0/s1. The van der Waals surface area contributed by atoms with Gasteiger partial charge in [-0.1, -0.05) is 0 Å². The molecule has 0 unspecified atom stereocenters. The molecule has 0 aliphatic carbocycles. The van der Waals surface area contributed by atoms with Gasteiger partial charge in [0.25, 0.3) is 0 Å². The fourth-order valence-electron chi connectivity index (χ4n) is 1.64. The number of nitrogens with one attached hydrogen (secondary N) is 1. The molecule has 78 valence electrons. The second-order valence-corrected chi connectivity index (χ2v) is 4.64. The highest BCUT2D eigenvalue weighted by molar-refractivity contribution is 7.99. The fourth-order valence-corrected chi connectivity index (χ4v) is 2.65. The van der Waals surface area contributed by atoms with Crippen molar-refractivity contribution in [3.05, 3.63) is 23.9 Å². The summed E-state index contributed by atoms with van der Waals surface area (Å²) in [6.07, 6.45) is 4.23. The van der Waals surface area contributed by atoms with Crippen LogP contribution in [0.1, 0.15) is 18.4 Å². The molecular formula is C11H13N3S. The van der Waals surface area contributed by atoms with Crippen molar-refractivity contribution in [1.82, 2.24) is 10.3 Å². The van der Waals surface area contributed by atoms with E-state index < -0.39 is 0 Å². The van der Waals surface area contributed by atoms with Crippen LogP contribution < -0.4 is 5.32 Å². The first kappa shape index (κ1) is 10.5. The molecule has 2 rings (SSSR count). The normalized spacial score (nSPS) is 20.1. The Bertz CT molecular complexity index is 366. The lowest BCUT2D eigenvalue weighted by molar-refractivity contribution is 0.673. The molecular weight excluding hydrogens is 206 g/mol. The zero-order valence-corrected chi connectivity index (χ0v) is 9.26. The first-order valence-electron chi connectivity index (χ1n) is 5.11. The summed E-state index contributed by atoms with van der Waals surface area (Å²) >= 11 is 1.72. The van der Waals surface area contributed by atoms with E-state index in [1.54, 1.807) is 24.0 Å². The maximum absolute atomic E-state index is 8.74. The first-order chi connectivity index (χ1) is 7.38. The van der Waals surface area contributed by atoms with Crippen molar-refractivity contribution in [2.45, 2.75) is 23.9 Å². The van der Waals surface area contributed by atoms with E-state index in [9.17, 15) is 0 Å². The molecule has 1 aliphatic rings. The second kappa shape index (κ2) is 5.15. The summed E-state index contributed by atoms with van der Waals surface area (Å²) in [5.41, 5.74) is 0.687. The van der Waals surface area contributed by atoms with Gasteiger partial charge in [0.15, 0.2) is 0 Å². The smallest absolute Gasteiger partial charge is 0.0993 e. The summed E-state index contributed by atoms with van der Waals surface area (Å²) in [5, 5.41) is 13.1. The van der Waals surface area contributed by atoms with Crippen molar-refractivity contribution in [2.75, 3.05) is 12.3 Å². The summed E-state index contributed by atoms with van der Waals surface area (Å²) in [4.78, 5) is 4.23. The van der Waals surface area contributed by atoms with Crippen molar-refractivity contribution in [3.63, 3.8) is 0 Å². The molecule has 0 aromatic carbocycles. The third kappa shape index (κ3) is 2.95. The molecule has 0 radical (unpaired) electrons. The molecule has 1 N–H and O–H groups in total. The highest BCUT2D eigenvalue weighted by Crippen LogP contribution is 2.19. The monoisotopic (exact) mass is 219 g/mol. The maximum atomic E-state index is 8.74. The predicted molar refractivity (Wildman–Crippen MR) is 60.7 cm³/mol. The minimum Gasteiger partial charge on any atom is -0.313 e. The van der Waals surface area contributed by atoms with Crippen molar-refractivity contribution in [1.29, 1.82) is 5.26 Å². The van der Waals surface area contributed by atoms with Gasteiger partial charge in [-0.25, -0.2) is 4.98 Å². The van der Waals surface area contributed by atoms with E-state index in [0.717, 1.165) is 17.3 Å². The number of hydrogen-bond donors (Lipinski definition) is 1. The quantitative estimate of drug-likeness (QED) is 0.787. The lowest BCUT2D eigenvalue weighted by Crippen LogP contribution is -2.23. The number of pyridine rings is 1. The van der Waals surface area contributed by atoms with Crippen LogP contribution in [0.25, 0.3) is 0 Å². The Balaban J connectivity index is 1.90. The Morgan fingerprint density at radius 3 is 3.33 bits per heavy atom. The van der Waals surface area contributed by atoms with Gasteiger partial charge in [0.1, 0.15) is 0 Å². The van der Waals surface area contributed by atoms with Gasteiger partial charge in [-0.15, -0.1) is 11.8 Å². The van der Waals surface area contributed by atoms with E-state index in [2.05, 4.69) is 16.4 Å². The van der Waals surface area contributed by atoms with Gasteiger partial charge in [0, 0.05) is 18.0 Å². The van der Waals surface area contributed by atoms with Crippen molar-refractivity contribution in [2.24, 2.45) is 0 Å². The van der Waals surface area contributed by atoms with Crippen LogP contribution >= 0.6 is 11.8 Å². The van der Waals surface area contributed by atoms with Gasteiger partial charge < -0.3 is 5.32 Å². The summed E-state index contributed by atoms with van der Waals surface area (Å²) in [6.45, 7) is 1.14. The molecule has 1 aromatic rings. The topological polar surface area (TPSA) is 48.7 Å².